The van der Waals surface area contributed by atoms with E-state index in [0.717, 1.165) is 44.9 Å². The Morgan fingerprint density at radius 2 is 1.91 bits per heavy atom. The Morgan fingerprint density at radius 1 is 1.09 bits per heavy atom. The summed E-state index contributed by atoms with van der Waals surface area (Å²) in [5, 5.41) is 0. The zero-order chi connectivity index (χ0) is 16.2. The standard InChI is InChI=1S/C20H28O3/c1-19-9-7-14(21)11-13(19)3-4-15-16(19)8-10-20(12-23-2)17(15)5-6-18(20)22/h11,15-17H,3-10,12H2,1-2H3/t15-,16+,17+,19+,20-/m1/s1. The fourth-order valence-corrected chi connectivity index (χ4v) is 6.66. The molecule has 0 amide bonds. The van der Waals surface area contributed by atoms with E-state index in [2.05, 4.69) is 6.92 Å². The van der Waals surface area contributed by atoms with Crippen molar-refractivity contribution in [3.05, 3.63) is 11.6 Å². The first-order valence-electron chi connectivity index (χ1n) is 9.27. The molecule has 3 nitrogen and oxygen atoms in total. The van der Waals surface area contributed by atoms with Crippen LogP contribution in [0.25, 0.3) is 0 Å². The highest BCUT2D eigenvalue weighted by Gasteiger charge is 2.60. The molecule has 23 heavy (non-hydrogen) atoms. The minimum Gasteiger partial charge on any atom is -0.384 e. The third-order valence-corrected chi connectivity index (χ3v) is 7.81. The van der Waals surface area contributed by atoms with Crippen LogP contribution in [0.15, 0.2) is 11.6 Å². The van der Waals surface area contributed by atoms with Crippen LogP contribution in [-0.2, 0) is 14.3 Å². The van der Waals surface area contributed by atoms with E-state index in [1.807, 2.05) is 6.08 Å². The molecule has 5 atom stereocenters. The van der Waals surface area contributed by atoms with Crippen molar-refractivity contribution in [3.8, 4) is 0 Å². The number of carbonyl (C=O) groups is 2. The zero-order valence-electron chi connectivity index (χ0n) is 14.4. The number of fused-ring (bicyclic) bond motifs is 5. The Hall–Kier alpha value is -0.960. The van der Waals surface area contributed by atoms with Crippen LogP contribution < -0.4 is 0 Å². The smallest absolute Gasteiger partial charge is 0.155 e. The first kappa shape index (κ1) is 15.6. The van der Waals surface area contributed by atoms with Crippen LogP contribution in [0.2, 0.25) is 0 Å². The van der Waals surface area contributed by atoms with Gasteiger partial charge < -0.3 is 4.74 Å². The van der Waals surface area contributed by atoms with Gasteiger partial charge in [-0.2, -0.15) is 0 Å². The Morgan fingerprint density at radius 3 is 2.70 bits per heavy atom. The second-order valence-corrected chi connectivity index (χ2v) is 8.56. The van der Waals surface area contributed by atoms with Crippen molar-refractivity contribution in [3.63, 3.8) is 0 Å². The molecule has 0 saturated heterocycles. The third-order valence-electron chi connectivity index (χ3n) is 7.81. The number of carbonyl (C=O) groups excluding carboxylic acids is 2. The molecule has 4 aliphatic rings. The molecule has 0 aromatic rings. The number of ether oxygens (including phenoxy) is 1. The van der Waals surface area contributed by atoms with Crippen molar-refractivity contribution in [2.75, 3.05) is 13.7 Å². The SMILES string of the molecule is COC[C@]12CC[C@H]3[C@@H](CCC4=CC(=O)CC[C@@]43C)[C@@H]1CCC2=O. The lowest BCUT2D eigenvalue weighted by atomic mass is 9.47. The number of ketones is 2. The van der Waals surface area contributed by atoms with Crippen LogP contribution in [0.5, 0.6) is 0 Å². The monoisotopic (exact) mass is 316 g/mol. The number of methoxy groups -OCH3 is 1. The van der Waals surface area contributed by atoms with Gasteiger partial charge in [-0.15, -0.1) is 0 Å². The molecule has 4 aliphatic carbocycles. The molecule has 0 radical (unpaired) electrons. The fraction of sp³-hybridized carbons (Fsp3) is 0.800. The zero-order valence-corrected chi connectivity index (χ0v) is 14.4. The quantitative estimate of drug-likeness (QED) is 0.780. The normalized spacial score (nSPS) is 46.0. The Bertz CT molecular complexity index is 577. The summed E-state index contributed by atoms with van der Waals surface area (Å²) in [6.07, 6.45) is 9.79. The van der Waals surface area contributed by atoms with Gasteiger partial charge in [0.1, 0.15) is 5.78 Å². The van der Waals surface area contributed by atoms with Crippen molar-refractivity contribution < 1.29 is 14.3 Å². The molecule has 0 unspecified atom stereocenters. The molecule has 3 saturated carbocycles. The first-order chi connectivity index (χ1) is 11.0. The summed E-state index contributed by atoms with van der Waals surface area (Å²) in [6.45, 7) is 3.00. The van der Waals surface area contributed by atoms with E-state index in [1.54, 1.807) is 7.11 Å². The van der Waals surface area contributed by atoms with E-state index in [-0.39, 0.29) is 10.8 Å². The van der Waals surface area contributed by atoms with E-state index in [9.17, 15) is 9.59 Å². The van der Waals surface area contributed by atoms with Crippen molar-refractivity contribution in [1.29, 1.82) is 0 Å². The van der Waals surface area contributed by atoms with E-state index < -0.39 is 0 Å². The molecule has 0 spiro atoms. The predicted molar refractivity (Wildman–Crippen MR) is 87.9 cm³/mol. The van der Waals surface area contributed by atoms with Gasteiger partial charge >= 0.3 is 0 Å². The predicted octanol–water partition coefficient (Wildman–Crippen LogP) is 3.71. The maximum Gasteiger partial charge on any atom is 0.155 e. The molecule has 0 heterocycles. The van der Waals surface area contributed by atoms with Gasteiger partial charge in [0.05, 0.1) is 12.0 Å². The maximum atomic E-state index is 12.7. The summed E-state index contributed by atoms with van der Waals surface area (Å²) in [5.41, 5.74) is 1.40. The molecule has 126 valence electrons. The maximum absolute atomic E-state index is 12.7. The number of hydrogen-bond acceptors (Lipinski definition) is 3. The van der Waals surface area contributed by atoms with Crippen molar-refractivity contribution in [2.24, 2.45) is 28.6 Å². The summed E-state index contributed by atoms with van der Waals surface area (Å²) < 4.78 is 5.51. The van der Waals surface area contributed by atoms with E-state index in [1.165, 1.54) is 5.57 Å². The number of rotatable bonds is 2. The molecule has 4 rings (SSSR count). The van der Waals surface area contributed by atoms with Crippen LogP contribution >= 0.6 is 0 Å². The summed E-state index contributed by atoms with van der Waals surface area (Å²) in [6, 6.07) is 0. The minimum absolute atomic E-state index is 0.196. The summed E-state index contributed by atoms with van der Waals surface area (Å²) >= 11 is 0. The van der Waals surface area contributed by atoms with Crippen LogP contribution in [-0.4, -0.2) is 25.3 Å². The van der Waals surface area contributed by atoms with Gasteiger partial charge in [0.2, 0.25) is 0 Å². The highest BCUT2D eigenvalue weighted by molar-refractivity contribution is 5.91. The molecular weight excluding hydrogens is 288 g/mol. The van der Waals surface area contributed by atoms with Crippen molar-refractivity contribution in [2.45, 2.75) is 58.3 Å². The van der Waals surface area contributed by atoms with Crippen LogP contribution in [0.4, 0.5) is 0 Å². The molecule has 3 heteroatoms. The lowest BCUT2D eigenvalue weighted by Gasteiger charge is -2.57. The van der Waals surface area contributed by atoms with Gasteiger partial charge in [0.25, 0.3) is 0 Å². The van der Waals surface area contributed by atoms with Gasteiger partial charge in [-0.1, -0.05) is 12.5 Å². The topological polar surface area (TPSA) is 43.4 Å². The molecule has 0 bridgehead atoms. The summed E-state index contributed by atoms with van der Waals surface area (Å²) in [4.78, 5) is 24.5. The lowest BCUT2D eigenvalue weighted by Crippen LogP contribution is -2.52. The van der Waals surface area contributed by atoms with Crippen molar-refractivity contribution >= 4 is 11.6 Å². The lowest BCUT2D eigenvalue weighted by molar-refractivity contribution is -0.140. The highest BCUT2D eigenvalue weighted by Crippen LogP contribution is 2.64. The van der Waals surface area contributed by atoms with Gasteiger partial charge in [-0.3, -0.25) is 9.59 Å². The third kappa shape index (κ3) is 2.05. The Kier molecular flexibility index (Phi) is 3.57. The van der Waals surface area contributed by atoms with E-state index in [0.29, 0.717) is 42.3 Å². The molecule has 3 fully saturated rings. The second-order valence-electron chi connectivity index (χ2n) is 8.56. The Balaban J connectivity index is 1.69. The van der Waals surface area contributed by atoms with Crippen molar-refractivity contribution in [1.82, 2.24) is 0 Å². The van der Waals surface area contributed by atoms with Crippen LogP contribution in [0.1, 0.15) is 58.3 Å². The molecular formula is C20H28O3. The summed E-state index contributed by atoms with van der Waals surface area (Å²) in [5.74, 6) is 2.56. The largest absolute Gasteiger partial charge is 0.384 e. The number of Topliss-reactive ketones (excluding diaryl/α,β-unsaturated/α-hetero) is 1. The van der Waals surface area contributed by atoms with E-state index in [4.69, 9.17) is 4.74 Å². The highest BCUT2D eigenvalue weighted by atomic mass is 16.5. The molecule has 0 aromatic carbocycles. The second kappa shape index (κ2) is 5.27. The van der Waals surface area contributed by atoms with Crippen LogP contribution in [0.3, 0.4) is 0 Å². The van der Waals surface area contributed by atoms with E-state index >= 15 is 0 Å². The molecule has 0 aromatic heterocycles. The first-order valence-corrected chi connectivity index (χ1v) is 9.27. The Labute approximate surface area is 138 Å². The molecule has 0 aliphatic heterocycles. The van der Waals surface area contributed by atoms with Gasteiger partial charge in [0, 0.05) is 20.0 Å². The molecule has 0 N–H and O–H groups in total. The minimum atomic E-state index is -0.196. The van der Waals surface area contributed by atoms with Gasteiger partial charge in [-0.25, -0.2) is 0 Å². The number of hydrogen-bond donors (Lipinski definition) is 0. The summed E-state index contributed by atoms with van der Waals surface area (Å²) in [7, 11) is 1.74. The number of allylic oxidation sites excluding steroid dienone is 1. The average molecular weight is 316 g/mol. The van der Waals surface area contributed by atoms with Crippen LogP contribution in [0, 0.1) is 28.6 Å². The van der Waals surface area contributed by atoms with Gasteiger partial charge in [0.15, 0.2) is 5.78 Å². The van der Waals surface area contributed by atoms with Gasteiger partial charge in [-0.05, 0) is 67.8 Å². The fourth-order valence-electron chi connectivity index (χ4n) is 6.66. The average Bonchev–Trinajstić information content (AvgIpc) is 2.86.